The van der Waals surface area contributed by atoms with Crippen molar-refractivity contribution in [1.29, 1.82) is 0 Å². The first kappa shape index (κ1) is 15.1. The molecule has 3 aromatic rings. The lowest BCUT2D eigenvalue weighted by Gasteiger charge is -2.25. The number of halogens is 1. The Balaban J connectivity index is 1.71. The molecule has 23 heavy (non-hydrogen) atoms. The maximum atomic E-state index is 14.1. The lowest BCUT2D eigenvalue weighted by Crippen LogP contribution is -2.29. The quantitative estimate of drug-likeness (QED) is 0.723. The summed E-state index contributed by atoms with van der Waals surface area (Å²) in [5.74, 6) is 0.394. The van der Waals surface area contributed by atoms with Crippen LogP contribution in [0.25, 0.3) is 0 Å². The van der Waals surface area contributed by atoms with E-state index in [1.165, 1.54) is 11.6 Å². The van der Waals surface area contributed by atoms with E-state index in [0.29, 0.717) is 31.0 Å². The summed E-state index contributed by atoms with van der Waals surface area (Å²) in [6.45, 7) is 1.31. The van der Waals surface area contributed by atoms with Crippen molar-refractivity contribution in [1.82, 2.24) is 25.6 Å². The maximum absolute atomic E-state index is 14.1. The number of aromatic nitrogens is 5. The number of benzene rings is 1. The molecule has 0 bridgehead atoms. The zero-order chi connectivity index (χ0) is 15.9. The van der Waals surface area contributed by atoms with Crippen LogP contribution in [0.3, 0.4) is 0 Å². The van der Waals surface area contributed by atoms with E-state index >= 15 is 0 Å². The van der Waals surface area contributed by atoms with Gasteiger partial charge in [-0.2, -0.15) is 5.21 Å². The average molecular weight is 312 g/mol. The van der Waals surface area contributed by atoms with Crippen LogP contribution < -0.4 is 4.90 Å². The fraction of sp³-hybridized carbons (Fsp3) is 0.250. The van der Waals surface area contributed by atoms with Crippen LogP contribution in [0.4, 0.5) is 10.1 Å². The van der Waals surface area contributed by atoms with E-state index in [4.69, 9.17) is 0 Å². The van der Waals surface area contributed by atoms with Crippen LogP contribution >= 0.6 is 0 Å². The van der Waals surface area contributed by atoms with Gasteiger partial charge in [0.15, 0.2) is 5.82 Å². The topological polar surface area (TPSA) is 70.6 Å². The van der Waals surface area contributed by atoms with E-state index in [2.05, 4.69) is 25.6 Å². The molecule has 0 amide bonds. The molecule has 0 atom stereocenters. The molecule has 2 heterocycles. The molecule has 1 aromatic carbocycles. The van der Waals surface area contributed by atoms with Crippen LogP contribution in [0.5, 0.6) is 0 Å². The number of para-hydroxylation sites is 1. The van der Waals surface area contributed by atoms with Gasteiger partial charge in [0.2, 0.25) is 0 Å². The highest BCUT2D eigenvalue weighted by Gasteiger charge is 2.12. The van der Waals surface area contributed by atoms with Crippen LogP contribution in [0.1, 0.15) is 11.4 Å². The van der Waals surface area contributed by atoms with Crippen molar-refractivity contribution in [3.8, 4) is 0 Å². The lowest BCUT2D eigenvalue weighted by atomic mass is 10.1. The minimum atomic E-state index is -0.227. The smallest absolute Gasteiger partial charge is 0.176 e. The molecule has 2 aromatic heterocycles. The van der Waals surface area contributed by atoms with Gasteiger partial charge in [0.25, 0.3) is 0 Å². The number of anilines is 1. The molecule has 0 saturated heterocycles. The Hall–Kier alpha value is -2.83. The molecule has 0 fully saturated rings. The minimum Gasteiger partial charge on any atom is -0.368 e. The van der Waals surface area contributed by atoms with Crippen LogP contribution in [0.15, 0.2) is 48.8 Å². The molecule has 1 N–H and O–H groups in total. The van der Waals surface area contributed by atoms with Gasteiger partial charge in [-0.1, -0.05) is 17.3 Å². The van der Waals surface area contributed by atoms with E-state index in [0.717, 1.165) is 6.42 Å². The van der Waals surface area contributed by atoms with Crippen LogP contribution in [0.2, 0.25) is 0 Å². The van der Waals surface area contributed by atoms with Crippen molar-refractivity contribution in [3.05, 3.63) is 66.0 Å². The third-order valence-electron chi connectivity index (χ3n) is 3.61. The molecule has 0 unspecified atom stereocenters. The van der Waals surface area contributed by atoms with E-state index in [1.54, 1.807) is 24.5 Å². The average Bonchev–Trinajstić information content (AvgIpc) is 3.10. The van der Waals surface area contributed by atoms with E-state index in [-0.39, 0.29) is 5.82 Å². The molecule has 118 valence electrons. The summed E-state index contributed by atoms with van der Waals surface area (Å²) in [4.78, 5) is 6.02. The number of nitrogens with one attached hydrogen (secondary N) is 1. The van der Waals surface area contributed by atoms with Crippen molar-refractivity contribution in [2.24, 2.45) is 0 Å². The standard InChI is InChI=1S/C16H17FN6/c17-14-3-1-2-4-15(14)23(12-8-16-19-21-22-20-16)11-7-13-5-9-18-10-6-13/h1-6,9-10H,7-8,11-12H2,(H,19,20,21,22). The van der Waals surface area contributed by atoms with Gasteiger partial charge in [0.1, 0.15) is 5.82 Å². The second-order valence-corrected chi connectivity index (χ2v) is 5.12. The van der Waals surface area contributed by atoms with Crippen molar-refractivity contribution in [3.63, 3.8) is 0 Å². The lowest BCUT2D eigenvalue weighted by molar-refractivity contribution is 0.614. The Labute approximate surface area is 133 Å². The Morgan fingerprint density at radius 1 is 1.00 bits per heavy atom. The van der Waals surface area contributed by atoms with E-state index < -0.39 is 0 Å². The predicted molar refractivity (Wildman–Crippen MR) is 84.4 cm³/mol. The molecule has 0 aliphatic heterocycles. The summed E-state index contributed by atoms with van der Waals surface area (Å²) in [7, 11) is 0. The largest absolute Gasteiger partial charge is 0.368 e. The number of aromatic amines is 1. The molecule has 0 aliphatic rings. The fourth-order valence-corrected chi connectivity index (χ4v) is 2.40. The normalized spacial score (nSPS) is 10.7. The van der Waals surface area contributed by atoms with Gasteiger partial charge in [-0.15, -0.1) is 10.2 Å². The Bertz CT molecular complexity index is 716. The summed E-state index contributed by atoms with van der Waals surface area (Å²) >= 11 is 0. The Morgan fingerprint density at radius 3 is 2.52 bits per heavy atom. The molecule has 0 spiro atoms. The number of hydrogen-bond acceptors (Lipinski definition) is 5. The van der Waals surface area contributed by atoms with Crippen LogP contribution in [-0.2, 0) is 12.8 Å². The maximum Gasteiger partial charge on any atom is 0.176 e. The van der Waals surface area contributed by atoms with Gasteiger partial charge in [-0.25, -0.2) is 4.39 Å². The molecule has 0 saturated carbocycles. The van der Waals surface area contributed by atoms with Crippen LogP contribution in [-0.4, -0.2) is 38.7 Å². The predicted octanol–water partition coefficient (Wildman–Crippen LogP) is 2.03. The number of pyridine rings is 1. The van der Waals surface area contributed by atoms with Crippen LogP contribution in [0, 0.1) is 5.82 Å². The third kappa shape index (κ3) is 4.09. The Morgan fingerprint density at radius 2 is 1.78 bits per heavy atom. The minimum absolute atomic E-state index is 0.227. The summed E-state index contributed by atoms with van der Waals surface area (Å²) in [5, 5.41) is 13.9. The highest BCUT2D eigenvalue weighted by Crippen LogP contribution is 2.19. The first-order valence-corrected chi connectivity index (χ1v) is 7.43. The summed E-state index contributed by atoms with van der Waals surface area (Å²) in [6.07, 6.45) is 4.94. The zero-order valence-electron chi connectivity index (χ0n) is 12.6. The van der Waals surface area contributed by atoms with Gasteiger partial charge in [-0.3, -0.25) is 4.98 Å². The summed E-state index contributed by atoms with van der Waals surface area (Å²) < 4.78 is 14.1. The molecular weight excluding hydrogens is 295 g/mol. The first-order valence-electron chi connectivity index (χ1n) is 7.43. The molecule has 7 heteroatoms. The van der Waals surface area contributed by atoms with Crippen molar-refractivity contribution in [2.75, 3.05) is 18.0 Å². The molecule has 6 nitrogen and oxygen atoms in total. The number of tetrazole rings is 1. The van der Waals surface area contributed by atoms with Gasteiger partial charge >= 0.3 is 0 Å². The van der Waals surface area contributed by atoms with Crippen molar-refractivity contribution in [2.45, 2.75) is 12.8 Å². The van der Waals surface area contributed by atoms with Gasteiger partial charge in [0, 0.05) is 31.9 Å². The van der Waals surface area contributed by atoms with Crippen molar-refractivity contribution < 1.29 is 4.39 Å². The summed E-state index contributed by atoms with van der Waals surface area (Å²) in [5.41, 5.74) is 1.76. The zero-order valence-corrected chi connectivity index (χ0v) is 12.6. The highest BCUT2D eigenvalue weighted by molar-refractivity contribution is 5.47. The van der Waals surface area contributed by atoms with Crippen molar-refractivity contribution >= 4 is 5.69 Å². The van der Waals surface area contributed by atoms with Gasteiger partial charge < -0.3 is 4.90 Å². The number of rotatable bonds is 7. The van der Waals surface area contributed by atoms with E-state index in [1.807, 2.05) is 23.1 Å². The van der Waals surface area contributed by atoms with Gasteiger partial charge in [-0.05, 0) is 36.2 Å². The summed E-state index contributed by atoms with van der Waals surface area (Å²) in [6, 6.07) is 10.7. The second kappa shape index (κ2) is 7.44. The monoisotopic (exact) mass is 312 g/mol. The first-order chi connectivity index (χ1) is 11.3. The molecule has 0 radical (unpaired) electrons. The number of hydrogen-bond donors (Lipinski definition) is 1. The molecule has 0 aliphatic carbocycles. The number of H-pyrrole nitrogens is 1. The second-order valence-electron chi connectivity index (χ2n) is 5.12. The SMILES string of the molecule is Fc1ccccc1N(CCc1ccncc1)CCc1nn[nH]n1. The fourth-order valence-electron chi connectivity index (χ4n) is 2.40. The van der Waals surface area contributed by atoms with Gasteiger partial charge in [0.05, 0.1) is 5.69 Å². The van der Waals surface area contributed by atoms with E-state index in [9.17, 15) is 4.39 Å². The third-order valence-corrected chi connectivity index (χ3v) is 3.61. The number of nitrogens with zero attached hydrogens (tertiary/aromatic N) is 5. The Kier molecular flexibility index (Phi) is 4.88. The molecular formula is C16H17FN6. The highest BCUT2D eigenvalue weighted by atomic mass is 19.1. The molecule has 3 rings (SSSR count).